The molecule has 1 N–H and O–H groups in total. The van der Waals surface area contributed by atoms with E-state index in [1.807, 2.05) is 19.1 Å². The maximum absolute atomic E-state index is 12.5. The molecule has 0 bridgehead atoms. The second kappa shape index (κ2) is 10.4. The molecule has 0 saturated carbocycles. The maximum Gasteiger partial charge on any atom is 0.224 e. The van der Waals surface area contributed by atoms with Gasteiger partial charge in [0.1, 0.15) is 0 Å². The van der Waals surface area contributed by atoms with Crippen LogP contribution in [0.15, 0.2) is 24.3 Å². The zero-order chi connectivity index (χ0) is 20.7. The summed E-state index contributed by atoms with van der Waals surface area (Å²) in [5.74, 6) is 0.605. The van der Waals surface area contributed by atoms with Crippen molar-refractivity contribution in [2.75, 3.05) is 18.4 Å². The van der Waals surface area contributed by atoms with Crippen LogP contribution in [0, 0.1) is 19.8 Å². The summed E-state index contributed by atoms with van der Waals surface area (Å²) in [7, 11) is 0. The Balaban J connectivity index is 1.95. The van der Waals surface area contributed by atoms with Crippen molar-refractivity contribution in [2.45, 2.75) is 67.5 Å². The first kappa shape index (κ1) is 22.2. The van der Waals surface area contributed by atoms with E-state index in [9.17, 15) is 4.79 Å². The largest absolute Gasteiger partial charge is 0.326 e. The van der Waals surface area contributed by atoms with E-state index in [0.29, 0.717) is 12.3 Å². The fourth-order valence-electron chi connectivity index (χ4n) is 3.53. The number of nitrogens with one attached hydrogen (secondary N) is 1. The molecule has 1 aromatic carbocycles. The molecule has 5 heteroatoms. The second-order valence-electron chi connectivity index (χ2n) is 7.94. The van der Waals surface area contributed by atoms with Crippen molar-refractivity contribution in [1.29, 1.82) is 0 Å². The van der Waals surface area contributed by atoms with Gasteiger partial charge in [0.15, 0.2) is 0 Å². The predicted molar refractivity (Wildman–Crippen MR) is 117 cm³/mol. The molecule has 0 saturated heterocycles. The highest BCUT2D eigenvalue weighted by Gasteiger charge is 2.14. The third kappa shape index (κ3) is 6.20. The van der Waals surface area contributed by atoms with Gasteiger partial charge in [-0.15, -0.1) is 0 Å². The van der Waals surface area contributed by atoms with Crippen LogP contribution < -0.4 is 5.32 Å². The molecular formula is C23H36N4O. The number of amides is 1. The monoisotopic (exact) mass is 384 g/mol. The third-order valence-corrected chi connectivity index (χ3v) is 5.18. The molecule has 154 valence electrons. The average molecular weight is 385 g/mol. The highest BCUT2D eigenvalue weighted by molar-refractivity contribution is 5.90. The zero-order valence-corrected chi connectivity index (χ0v) is 18.4. The Kier molecular flexibility index (Phi) is 8.24. The van der Waals surface area contributed by atoms with E-state index < -0.39 is 0 Å². The molecule has 0 atom stereocenters. The molecule has 2 aromatic rings. The Bertz CT molecular complexity index is 775. The van der Waals surface area contributed by atoms with Crippen LogP contribution in [0.5, 0.6) is 0 Å². The molecule has 0 fully saturated rings. The van der Waals surface area contributed by atoms with Gasteiger partial charge < -0.3 is 5.32 Å². The van der Waals surface area contributed by atoms with E-state index in [1.54, 1.807) is 0 Å². The molecule has 0 spiro atoms. The van der Waals surface area contributed by atoms with Gasteiger partial charge >= 0.3 is 0 Å². The van der Waals surface area contributed by atoms with Gasteiger partial charge in [-0.05, 0) is 62.5 Å². The smallest absolute Gasteiger partial charge is 0.224 e. The number of aromatic nitrogens is 2. The summed E-state index contributed by atoms with van der Waals surface area (Å²) >= 11 is 0. The van der Waals surface area contributed by atoms with Crippen LogP contribution in [0.25, 0.3) is 0 Å². The molecule has 2 rings (SSSR count). The van der Waals surface area contributed by atoms with Crippen LogP contribution in [0.4, 0.5) is 5.69 Å². The number of hydrogen-bond acceptors (Lipinski definition) is 3. The topological polar surface area (TPSA) is 50.2 Å². The van der Waals surface area contributed by atoms with Crippen LogP contribution >= 0.6 is 0 Å². The van der Waals surface area contributed by atoms with E-state index in [1.165, 1.54) is 16.8 Å². The number of nitrogens with zero attached hydrogens (tertiary/aromatic N) is 3. The van der Waals surface area contributed by atoms with Crippen LogP contribution in [0.1, 0.15) is 56.6 Å². The summed E-state index contributed by atoms with van der Waals surface area (Å²) in [5, 5.41) is 7.70. The van der Waals surface area contributed by atoms with E-state index in [0.717, 1.165) is 44.0 Å². The lowest BCUT2D eigenvalue weighted by atomic mass is 10.1. The highest BCUT2D eigenvalue weighted by Crippen LogP contribution is 2.18. The molecule has 5 nitrogen and oxygen atoms in total. The zero-order valence-electron chi connectivity index (χ0n) is 18.4. The minimum absolute atomic E-state index is 0.0513. The molecule has 0 aliphatic carbocycles. The van der Waals surface area contributed by atoms with Gasteiger partial charge in [0.2, 0.25) is 5.91 Å². The van der Waals surface area contributed by atoms with Crippen molar-refractivity contribution in [1.82, 2.24) is 14.7 Å². The van der Waals surface area contributed by atoms with Crippen molar-refractivity contribution < 1.29 is 4.79 Å². The minimum Gasteiger partial charge on any atom is -0.326 e. The number of carbonyl (C=O) groups is 1. The number of aryl methyl sites for hydroxylation is 1. The van der Waals surface area contributed by atoms with E-state index >= 15 is 0 Å². The first-order chi connectivity index (χ1) is 13.3. The summed E-state index contributed by atoms with van der Waals surface area (Å²) in [6.07, 6.45) is 1.19. The maximum atomic E-state index is 12.5. The van der Waals surface area contributed by atoms with Gasteiger partial charge in [-0.1, -0.05) is 39.8 Å². The van der Waals surface area contributed by atoms with Gasteiger partial charge in [0.25, 0.3) is 0 Å². The molecule has 0 aliphatic rings. The van der Waals surface area contributed by atoms with Crippen LogP contribution in [-0.2, 0) is 24.3 Å². The lowest BCUT2D eigenvalue weighted by Crippen LogP contribution is -2.22. The molecule has 1 heterocycles. The Morgan fingerprint density at radius 1 is 1.21 bits per heavy atom. The standard InChI is InChI=1S/C23H36N4O/c1-7-26(8-2)16-20-10-9-11-21(14-20)24-23(28)13-12-22-18(5)25-27(19(22)6)15-17(3)4/h9-11,14,17H,7-8,12-13,15-16H2,1-6H3,(H,24,28). The molecular weight excluding hydrogens is 348 g/mol. The first-order valence-electron chi connectivity index (χ1n) is 10.5. The molecule has 0 unspecified atom stereocenters. The third-order valence-electron chi connectivity index (χ3n) is 5.18. The minimum atomic E-state index is 0.0513. The Morgan fingerprint density at radius 3 is 2.57 bits per heavy atom. The molecule has 28 heavy (non-hydrogen) atoms. The van der Waals surface area contributed by atoms with Gasteiger partial charge in [-0.25, -0.2) is 0 Å². The Morgan fingerprint density at radius 2 is 1.93 bits per heavy atom. The molecule has 1 amide bonds. The number of hydrogen-bond donors (Lipinski definition) is 1. The van der Waals surface area contributed by atoms with Gasteiger partial charge in [0, 0.05) is 30.9 Å². The summed E-state index contributed by atoms with van der Waals surface area (Å²) < 4.78 is 2.07. The van der Waals surface area contributed by atoms with Crippen LogP contribution in [0.2, 0.25) is 0 Å². The fraction of sp³-hybridized carbons (Fsp3) is 0.565. The van der Waals surface area contributed by atoms with E-state index in [-0.39, 0.29) is 5.91 Å². The van der Waals surface area contributed by atoms with Crippen LogP contribution in [0.3, 0.4) is 0 Å². The summed E-state index contributed by atoms with van der Waals surface area (Å²) in [6, 6.07) is 8.16. The van der Waals surface area contributed by atoms with Crippen LogP contribution in [-0.4, -0.2) is 33.7 Å². The summed E-state index contributed by atoms with van der Waals surface area (Å²) in [4.78, 5) is 14.9. The quantitative estimate of drug-likeness (QED) is 0.653. The van der Waals surface area contributed by atoms with Crippen molar-refractivity contribution in [3.05, 3.63) is 46.8 Å². The van der Waals surface area contributed by atoms with Crippen molar-refractivity contribution in [3.63, 3.8) is 0 Å². The Labute approximate surface area is 170 Å². The lowest BCUT2D eigenvalue weighted by Gasteiger charge is -2.18. The second-order valence-corrected chi connectivity index (χ2v) is 7.94. The first-order valence-corrected chi connectivity index (χ1v) is 10.5. The van der Waals surface area contributed by atoms with Gasteiger partial charge in [-0.2, -0.15) is 5.10 Å². The SMILES string of the molecule is CCN(CC)Cc1cccc(NC(=O)CCc2c(C)nn(CC(C)C)c2C)c1. The summed E-state index contributed by atoms with van der Waals surface area (Å²) in [5.41, 5.74) is 5.51. The van der Waals surface area contributed by atoms with Gasteiger partial charge in [0.05, 0.1) is 5.69 Å². The van der Waals surface area contributed by atoms with Gasteiger partial charge in [-0.3, -0.25) is 14.4 Å². The number of anilines is 1. The van der Waals surface area contributed by atoms with E-state index in [2.05, 4.69) is 66.7 Å². The van der Waals surface area contributed by atoms with Crippen molar-refractivity contribution >= 4 is 11.6 Å². The summed E-state index contributed by atoms with van der Waals surface area (Å²) in [6.45, 7) is 16.7. The van der Waals surface area contributed by atoms with Crippen molar-refractivity contribution in [2.24, 2.45) is 5.92 Å². The van der Waals surface area contributed by atoms with Crippen molar-refractivity contribution in [3.8, 4) is 0 Å². The average Bonchev–Trinajstić information content (AvgIpc) is 2.90. The Hall–Kier alpha value is -2.14. The molecule has 1 aromatic heterocycles. The molecule has 0 aliphatic heterocycles. The fourth-order valence-corrected chi connectivity index (χ4v) is 3.53. The van der Waals surface area contributed by atoms with E-state index in [4.69, 9.17) is 0 Å². The number of rotatable bonds is 10. The number of carbonyl (C=O) groups excluding carboxylic acids is 1. The lowest BCUT2D eigenvalue weighted by molar-refractivity contribution is -0.116. The molecule has 0 radical (unpaired) electrons. The highest BCUT2D eigenvalue weighted by atomic mass is 16.1. The predicted octanol–water partition coefficient (Wildman–Crippen LogP) is 4.57. The number of benzene rings is 1. The normalized spacial score (nSPS) is 11.4.